The number of nitrogen functional groups attached to an aromatic ring is 1. The lowest BCUT2D eigenvalue weighted by atomic mass is 10.1. The first-order chi connectivity index (χ1) is 23.2. The minimum Gasteiger partial charge on any atom is -0.505 e. The molecule has 264 valence electrons. The summed E-state index contributed by atoms with van der Waals surface area (Å²) >= 11 is 0. The van der Waals surface area contributed by atoms with Crippen molar-refractivity contribution >= 4 is 85.1 Å². The van der Waals surface area contributed by atoms with Crippen molar-refractivity contribution in [3.63, 3.8) is 0 Å². The van der Waals surface area contributed by atoms with Crippen LogP contribution in [0.2, 0.25) is 0 Å². The number of esters is 1. The third kappa shape index (κ3) is 8.35. The number of anilines is 1. The predicted molar refractivity (Wildman–Crippen MR) is 177 cm³/mol. The molecule has 0 amide bonds. The highest BCUT2D eigenvalue weighted by molar-refractivity contribution is 7.94. The number of phenolic OH excluding ortho intramolecular Hbond substituents is 1. The van der Waals surface area contributed by atoms with Gasteiger partial charge in [-0.1, -0.05) is 6.58 Å². The largest absolute Gasteiger partial charge is 0.505 e. The molecule has 0 bridgehead atoms. The van der Waals surface area contributed by atoms with Gasteiger partial charge in [0.2, 0.25) is 0 Å². The van der Waals surface area contributed by atoms with Gasteiger partial charge in [0.25, 0.3) is 20.2 Å². The second-order valence-electron chi connectivity index (χ2n) is 10.0. The number of benzene rings is 4. The van der Waals surface area contributed by atoms with E-state index in [0.717, 1.165) is 36.6 Å². The van der Waals surface area contributed by atoms with E-state index in [1.54, 1.807) is 0 Å². The van der Waals surface area contributed by atoms with Gasteiger partial charge in [-0.05, 0) is 66.0 Å². The molecule has 0 saturated heterocycles. The number of sulfone groups is 2. The van der Waals surface area contributed by atoms with Gasteiger partial charge in [-0.2, -0.15) is 27.1 Å². The molecule has 0 atom stereocenters. The molecule has 0 spiro atoms. The number of hydrogen-bond donors (Lipinski definition) is 4. The Balaban J connectivity index is 1.83. The van der Waals surface area contributed by atoms with E-state index in [-0.39, 0.29) is 27.8 Å². The molecule has 0 aliphatic heterocycles. The van der Waals surface area contributed by atoms with Crippen molar-refractivity contribution in [3.05, 3.63) is 72.7 Å². The Morgan fingerprint density at radius 3 is 1.70 bits per heavy atom. The number of ether oxygens (including phenoxy) is 1. The van der Waals surface area contributed by atoms with E-state index in [0.29, 0.717) is 12.1 Å². The van der Waals surface area contributed by atoms with Crippen LogP contribution in [0.4, 0.5) is 28.4 Å². The van der Waals surface area contributed by atoms with Crippen LogP contribution in [0, 0.1) is 0 Å². The summed E-state index contributed by atoms with van der Waals surface area (Å²) in [4.78, 5) is 8.59. The van der Waals surface area contributed by atoms with Crippen molar-refractivity contribution in [1.82, 2.24) is 0 Å². The average molecular weight is 768 g/mol. The third-order valence-electron chi connectivity index (χ3n) is 6.64. The van der Waals surface area contributed by atoms with E-state index in [4.69, 9.17) is 5.73 Å². The number of fused-ring (bicyclic) bond motifs is 1. The fourth-order valence-electron chi connectivity index (χ4n) is 4.25. The van der Waals surface area contributed by atoms with Crippen molar-refractivity contribution in [3.8, 4) is 5.75 Å². The smallest absolute Gasteiger partial charge is 0.302 e. The zero-order chi connectivity index (χ0) is 37.2. The van der Waals surface area contributed by atoms with E-state index in [2.05, 4.69) is 31.8 Å². The number of hydrogen-bond acceptors (Lipinski definition) is 16. The summed E-state index contributed by atoms with van der Waals surface area (Å²) in [7, 11) is -18.0. The minimum atomic E-state index is -5.19. The number of aromatic hydroxyl groups is 1. The van der Waals surface area contributed by atoms with E-state index in [1.807, 2.05) is 0 Å². The zero-order valence-corrected chi connectivity index (χ0v) is 28.7. The van der Waals surface area contributed by atoms with Crippen LogP contribution in [-0.2, 0) is 49.4 Å². The molecule has 22 heteroatoms. The lowest BCUT2D eigenvalue weighted by molar-refractivity contribution is -0.140. The molecule has 0 aromatic heterocycles. The highest BCUT2D eigenvalue weighted by Crippen LogP contribution is 2.48. The molecule has 4 aromatic carbocycles. The SMILES string of the molecule is C=CS(=O)(=O)c1ccc(N=Nc2c(S(=O)(=O)O)cc3cc(S(=O)(=O)O)c(N=Nc4ccc(S(=O)(=O)CCOC(C)=O)cc4)c(N)c3c2O)cc1. The van der Waals surface area contributed by atoms with Crippen LogP contribution in [0.5, 0.6) is 5.75 Å². The van der Waals surface area contributed by atoms with Crippen molar-refractivity contribution in [1.29, 1.82) is 0 Å². The standard InChI is InChI=1S/C28H25N5O13S4/c1-3-47(36,37)20-8-4-19(5-9-20)31-33-27-23(50(43,44)45)15-17-14-22(49(40,41)42)26(25(29)24(17)28(27)35)32-30-18-6-10-21(11-7-18)48(38,39)13-12-46-16(2)34/h3-11,14-15,35H,1,12-13,29H2,2H3,(H,40,41,42)(H,43,44,45). The second kappa shape index (κ2) is 14.0. The number of azo groups is 2. The van der Waals surface area contributed by atoms with Crippen molar-refractivity contribution in [2.24, 2.45) is 20.5 Å². The summed E-state index contributed by atoms with van der Waals surface area (Å²) in [5, 5.41) is 26.2. The van der Waals surface area contributed by atoms with E-state index >= 15 is 0 Å². The van der Waals surface area contributed by atoms with Crippen molar-refractivity contribution < 1.29 is 57.4 Å². The highest BCUT2D eigenvalue weighted by atomic mass is 32.2. The number of nitrogens with zero attached hydrogens (tertiary/aromatic N) is 4. The van der Waals surface area contributed by atoms with Crippen LogP contribution >= 0.6 is 0 Å². The molecule has 0 fully saturated rings. The monoisotopic (exact) mass is 767 g/mol. The Morgan fingerprint density at radius 1 is 0.780 bits per heavy atom. The van der Waals surface area contributed by atoms with Crippen molar-refractivity contribution in [2.75, 3.05) is 18.1 Å². The van der Waals surface area contributed by atoms with Gasteiger partial charge in [-0.3, -0.25) is 13.9 Å². The Kier molecular flexibility index (Phi) is 10.6. The van der Waals surface area contributed by atoms with E-state index < -0.39 is 95.0 Å². The third-order valence-corrected chi connectivity index (χ3v) is 11.4. The fraction of sp³-hybridized carbons (Fsp3) is 0.107. The van der Waals surface area contributed by atoms with Gasteiger partial charge in [0.15, 0.2) is 25.4 Å². The number of rotatable bonds is 12. The average Bonchev–Trinajstić information content (AvgIpc) is 3.02. The molecule has 0 heterocycles. The summed E-state index contributed by atoms with van der Waals surface area (Å²) in [5.41, 5.74) is 3.89. The quantitative estimate of drug-likeness (QED) is 0.0657. The molecule has 18 nitrogen and oxygen atoms in total. The molecule has 4 aromatic rings. The van der Waals surface area contributed by atoms with Gasteiger partial charge in [0, 0.05) is 12.3 Å². The van der Waals surface area contributed by atoms with Crippen LogP contribution in [0.1, 0.15) is 6.92 Å². The first kappa shape index (κ1) is 37.7. The van der Waals surface area contributed by atoms with Gasteiger partial charge >= 0.3 is 5.97 Å². The van der Waals surface area contributed by atoms with Gasteiger partial charge in [0.1, 0.15) is 27.8 Å². The maximum atomic E-state index is 12.5. The number of phenols is 1. The van der Waals surface area contributed by atoms with Crippen molar-refractivity contribution in [2.45, 2.75) is 26.5 Å². The predicted octanol–water partition coefficient (Wildman–Crippen LogP) is 4.71. The number of carbonyl (C=O) groups is 1. The van der Waals surface area contributed by atoms with Crippen LogP contribution in [0.3, 0.4) is 0 Å². The number of carbonyl (C=O) groups excluding carboxylic acids is 1. The maximum Gasteiger partial charge on any atom is 0.302 e. The molecular weight excluding hydrogens is 743 g/mol. The van der Waals surface area contributed by atoms with E-state index in [9.17, 15) is 52.7 Å². The molecule has 4 rings (SSSR count). The highest BCUT2D eigenvalue weighted by Gasteiger charge is 2.28. The van der Waals surface area contributed by atoms with Gasteiger partial charge in [-0.25, -0.2) is 16.8 Å². The molecule has 0 radical (unpaired) electrons. The summed E-state index contributed by atoms with van der Waals surface area (Å²) in [5.74, 6) is -2.19. The Bertz CT molecular complexity index is 2540. The summed E-state index contributed by atoms with van der Waals surface area (Å²) in [6.45, 7) is 3.96. The van der Waals surface area contributed by atoms with Gasteiger partial charge in [-0.15, -0.1) is 10.2 Å². The molecule has 0 aliphatic rings. The minimum absolute atomic E-state index is 0.0267. The molecule has 0 aliphatic carbocycles. The Morgan fingerprint density at radius 2 is 1.24 bits per heavy atom. The first-order valence-electron chi connectivity index (χ1n) is 13.5. The van der Waals surface area contributed by atoms with Crippen LogP contribution in [-0.4, -0.2) is 66.2 Å². The topological polar surface area (TPSA) is 299 Å². The molecule has 5 N–H and O–H groups in total. The van der Waals surface area contributed by atoms with Gasteiger partial charge in [0.05, 0.1) is 38.0 Å². The van der Waals surface area contributed by atoms with E-state index in [1.165, 1.54) is 24.3 Å². The summed E-state index contributed by atoms with van der Waals surface area (Å²) < 4.78 is 123. The van der Waals surface area contributed by atoms with Crippen LogP contribution in [0.15, 0.2) is 113 Å². The normalized spacial score (nSPS) is 12.9. The maximum absolute atomic E-state index is 12.5. The molecular formula is C28H25N5O13S4. The van der Waals surface area contributed by atoms with Crippen LogP contribution in [0.25, 0.3) is 10.8 Å². The lowest BCUT2D eigenvalue weighted by Crippen LogP contribution is -2.14. The zero-order valence-electron chi connectivity index (χ0n) is 25.4. The first-order valence-corrected chi connectivity index (χ1v) is 19.6. The fourth-order valence-corrected chi connectivity index (χ4v) is 7.38. The second-order valence-corrected chi connectivity index (χ2v) is 16.8. The molecule has 0 saturated carbocycles. The van der Waals surface area contributed by atoms with Gasteiger partial charge < -0.3 is 15.6 Å². The van der Waals surface area contributed by atoms with Crippen LogP contribution < -0.4 is 5.73 Å². The summed E-state index contributed by atoms with van der Waals surface area (Å²) in [6, 6.07) is 10.8. The summed E-state index contributed by atoms with van der Waals surface area (Å²) in [6.07, 6.45) is 0. The Labute approximate surface area is 285 Å². The number of nitrogens with two attached hydrogens (primary N) is 1. The lowest BCUT2D eigenvalue weighted by Gasteiger charge is -2.14. The Hall–Kier alpha value is -5.13. The molecule has 50 heavy (non-hydrogen) atoms. The molecule has 0 unspecified atom stereocenters.